The molecule has 0 saturated carbocycles. The maximum Gasteiger partial charge on any atom is 0.245 e. The van der Waals surface area contributed by atoms with E-state index in [1.165, 1.54) is 0 Å². The molecular weight excluding hydrogens is 495 g/mol. The number of hydrogen-bond acceptors (Lipinski definition) is 9. The van der Waals surface area contributed by atoms with Crippen LogP contribution in [0.1, 0.15) is 5.69 Å². The van der Waals surface area contributed by atoms with E-state index in [0.717, 1.165) is 28.9 Å². The van der Waals surface area contributed by atoms with Crippen molar-refractivity contribution in [3.8, 4) is 0 Å². The van der Waals surface area contributed by atoms with Gasteiger partial charge in [-0.1, -0.05) is 23.7 Å². The van der Waals surface area contributed by atoms with Gasteiger partial charge in [0.05, 0.1) is 43.2 Å². The molecule has 0 amide bonds. The number of rotatable bonds is 8. The summed E-state index contributed by atoms with van der Waals surface area (Å²) in [5.74, 6) is -0.0490. The summed E-state index contributed by atoms with van der Waals surface area (Å²) in [4.78, 5) is 14.4. The van der Waals surface area contributed by atoms with Crippen molar-refractivity contribution in [2.75, 3.05) is 47.3 Å². The Morgan fingerprint density at radius 1 is 0.892 bits per heavy atom. The fourth-order valence-electron chi connectivity index (χ4n) is 3.69. The molecule has 3 heterocycles. The van der Waals surface area contributed by atoms with Crippen LogP contribution in [0, 0.1) is 5.82 Å². The first kappa shape index (κ1) is 24.4. The highest BCUT2D eigenvalue weighted by atomic mass is 35.5. The van der Waals surface area contributed by atoms with E-state index in [0.29, 0.717) is 37.0 Å². The lowest BCUT2D eigenvalue weighted by molar-refractivity contribution is 0.122. The third-order valence-corrected chi connectivity index (χ3v) is 5.68. The zero-order valence-corrected chi connectivity index (χ0v) is 20.5. The molecule has 2 aromatic heterocycles. The second-order valence-electron chi connectivity index (χ2n) is 8.15. The van der Waals surface area contributed by atoms with E-state index in [9.17, 15) is 4.39 Å². The second kappa shape index (κ2) is 11.6. The van der Waals surface area contributed by atoms with Gasteiger partial charge in [-0.25, -0.2) is 14.8 Å². The molecule has 1 aliphatic rings. The first-order valence-corrected chi connectivity index (χ1v) is 12.0. The minimum absolute atomic E-state index is 0.198. The van der Waals surface area contributed by atoms with Crippen LogP contribution in [0.25, 0.3) is 0 Å². The molecule has 4 aromatic rings. The number of morpholine rings is 1. The summed E-state index contributed by atoms with van der Waals surface area (Å²) in [6, 6.07) is 19.2. The van der Waals surface area contributed by atoms with Gasteiger partial charge in [0, 0.05) is 35.2 Å². The molecule has 1 aliphatic heterocycles. The van der Waals surface area contributed by atoms with Crippen molar-refractivity contribution in [3.63, 3.8) is 0 Å². The first-order chi connectivity index (χ1) is 18.1. The normalized spacial score (nSPS) is 13.5. The first-order valence-electron chi connectivity index (χ1n) is 11.6. The number of hydrogen-bond donors (Lipinski definition) is 3. The Kier molecular flexibility index (Phi) is 7.68. The maximum absolute atomic E-state index is 14.2. The van der Waals surface area contributed by atoms with E-state index in [4.69, 9.17) is 16.3 Å². The van der Waals surface area contributed by atoms with Crippen molar-refractivity contribution >= 4 is 52.3 Å². The van der Waals surface area contributed by atoms with Gasteiger partial charge in [-0.15, -0.1) is 0 Å². The third kappa shape index (κ3) is 6.69. The molecule has 1 saturated heterocycles. The summed E-state index contributed by atoms with van der Waals surface area (Å²) in [6.07, 6.45) is 4.39. The molecule has 5 rings (SSSR count). The minimum Gasteiger partial charge on any atom is -0.378 e. The van der Waals surface area contributed by atoms with Crippen LogP contribution in [0.2, 0.25) is 5.02 Å². The smallest absolute Gasteiger partial charge is 0.245 e. The summed E-state index contributed by atoms with van der Waals surface area (Å²) in [5.41, 5.74) is 6.93. The molecule has 37 heavy (non-hydrogen) atoms. The van der Waals surface area contributed by atoms with Crippen LogP contribution in [-0.2, 0) is 4.74 Å². The topological polar surface area (TPSA) is 99.6 Å². The number of ether oxygens (including phenoxy) is 1. The van der Waals surface area contributed by atoms with Crippen molar-refractivity contribution in [2.24, 2.45) is 5.10 Å². The number of nitrogens with one attached hydrogen (secondary N) is 3. The van der Waals surface area contributed by atoms with Gasteiger partial charge in [-0.2, -0.15) is 10.1 Å². The van der Waals surface area contributed by atoms with Crippen LogP contribution >= 0.6 is 11.6 Å². The predicted molar refractivity (Wildman–Crippen MR) is 145 cm³/mol. The Morgan fingerprint density at radius 3 is 2.35 bits per heavy atom. The number of nitrogens with zero attached hydrogens (tertiary/aromatic N) is 5. The molecule has 0 aliphatic carbocycles. The average Bonchev–Trinajstić information content (AvgIpc) is 2.91. The van der Waals surface area contributed by atoms with Gasteiger partial charge in [0.15, 0.2) is 11.6 Å². The summed E-state index contributed by atoms with van der Waals surface area (Å²) >= 11 is 6.07. The molecule has 0 radical (unpaired) electrons. The zero-order chi connectivity index (χ0) is 25.5. The van der Waals surface area contributed by atoms with Crippen molar-refractivity contribution in [2.45, 2.75) is 0 Å². The summed E-state index contributed by atoms with van der Waals surface area (Å²) in [6.45, 7) is 2.21. The molecule has 9 nitrogen and oxygen atoms in total. The Balaban J connectivity index is 1.18. The van der Waals surface area contributed by atoms with Crippen molar-refractivity contribution < 1.29 is 9.13 Å². The van der Waals surface area contributed by atoms with Gasteiger partial charge in [0.1, 0.15) is 0 Å². The maximum atomic E-state index is 14.2. The lowest BCUT2D eigenvalue weighted by Crippen LogP contribution is -2.37. The van der Waals surface area contributed by atoms with E-state index in [-0.39, 0.29) is 11.8 Å². The summed E-state index contributed by atoms with van der Waals surface area (Å²) < 4.78 is 19.5. The average molecular weight is 519 g/mol. The van der Waals surface area contributed by atoms with Crippen LogP contribution in [0.3, 0.4) is 0 Å². The Morgan fingerprint density at radius 2 is 1.62 bits per heavy atom. The molecule has 3 N–H and O–H groups in total. The van der Waals surface area contributed by atoms with Gasteiger partial charge >= 0.3 is 0 Å². The number of hydrazone groups is 1. The van der Waals surface area contributed by atoms with E-state index in [1.54, 1.807) is 12.4 Å². The lowest BCUT2D eigenvalue weighted by atomic mass is 10.2. The fourth-order valence-corrected chi connectivity index (χ4v) is 3.89. The van der Waals surface area contributed by atoms with Gasteiger partial charge in [-0.3, -0.25) is 4.98 Å². The summed E-state index contributed by atoms with van der Waals surface area (Å²) in [5, 5.41) is 11.5. The highest BCUT2D eigenvalue weighted by Gasteiger charge is 2.17. The van der Waals surface area contributed by atoms with E-state index in [2.05, 4.69) is 36.1 Å². The Bertz CT molecular complexity index is 1380. The standard InChI is InChI=1S/C26H24ClFN8O/c27-18-3-1-4-19(13-18)32-20-5-2-6-21(14-20)33-23-8-7-22(29-15-23)16-31-35-26-30-17-24(28)25(34-26)36-9-11-37-12-10-36/h1-8,13-17,32-33H,9-12H2,(H,30,34,35)/b31-16+. The molecule has 1 fully saturated rings. The highest BCUT2D eigenvalue weighted by molar-refractivity contribution is 6.30. The van der Waals surface area contributed by atoms with Crippen LogP contribution in [-0.4, -0.2) is 47.5 Å². The number of halogens is 2. The van der Waals surface area contributed by atoms with E-state index < -0.39 is 5.82 Å². The second-order valence-corrected chi connectivity index (χ2v) is 8.58. The quantitative estimate of drug-likeness (QED) is 0.210. The van der Waals surface area contributed by atoms with E-state index >= 15 is 0 Å². The van der Waals surface area contributed by atoms with Gasteiger partial charge in [-0.05, 0) is 48.5 Å². The lowest BCUT2D eigenvalue weighted by Gasteiger charge is -2.27. The zero-order valence-electron chi connectivity index (χ0n) is 19.7. The van der Waals surface area contributed by atoms with Crippen molar-refractivity contribution in [3.05, 3.63) is 89.6 Å². The van der Waals surface area contributed by atoms with Crippen LogP contribution in [0.5, 0.6) is 0 Å². The van der Waals surface area contributed by atoms with Crippen LogP contribution in [0.4, 0.5) is 38.9 Å². The molecule has 2 aromatic carbocycles. The highest BCUT2D eigenvalue weighted by Crippen LogP contribution is 2.24. The van der Waals surface area contributed by atoms with Crippen LogP contribution < -0.4 is 21.0 Å². The minimum atomic E-state index is -0.480. The molecule has 188 valence electrons. The number of anilines is 6. The van der Waals surface area contributed by atoms with Crippen LogP contribution in [0.15, 0.2) is 78.2 Å². The number of pyridine rings is 1. The predicted octanol–water partition coefficient (Wildman–Crippen LogP) is 5.43. The largest absolute Gasteiger partial charge is 0.378 e. The number of aromatic nitrogens is 3. The third-order valence-electron chi connectivity index (χ3n) is 5.45. The molecule has 11 heteroatoms. The Hall–Kier alpha value is -4.28. The molecule has 0 spiro atoms. The summed E-state index contributed by atoms with van der Waals surface area (Å²) in [7, 11) is 0. The Labute approximate surface area is 218 Å². The van der Waals surface area contributed by atoms with Crippen molar-refractivity contribution in [1.29, 1.82) is 0 Å². The monoisotopic (exact) mass is 518 g/mol. The SMILES string of the molecule is Fc1cnc(N/N=C/c2ccc(Nc3cccc(Nc4cccc(Cl)c4)c3)cn2)nc1N1CCOCC1. The molecule has 0 atom stereocenters. The van der Waals surface area contributed by atoms with Gasteiger partial charge in [0.25, 0.3) is 0 Å². The number of benzene rings is 2. The van der Waals surface area contributed by atoms with Crippen molar-refractivity contribution in [1.82, 2.24) is 15.0 Å². The molecule has 0 bridgehead atoms. The molecule has 0 unspecified atom stereocenters. The fraction of sp³-hybridized carbons (Fsp3) is 0.154. The van der Waals surface area contributed by atoms with E-state index in [1.807, 2.05) is 65.6 Å². The van der Waals surface area contributed by atoms with Gasteiger partial charge in [0.2, 0.25) is 5.95 Å². The van der Waals surface area contributed by atoms with Gasteiger partial charge < -0.3 is 20.3 Å². The molecular formula is C26H24ClFN8O.